The van der Waals surface area contributed by atoms with E-state index in [9.17, 15) is 9.59 Å². The Bertz CT molecular complexity index is 1140. The number of benzene rings is 2. The average Bonchev–Trinajstić information content (AvgIpc) is 3.24. The summed E-state index contributed by atoms with van der Waals surface area (Å²) in [7, 11) is 0. The van der Waals surface area contributed by atoms with E-state index in [-0.39, 0.29) is 17.9 Å². The normalized spacial score (nSPS) is 15.8. The molecule has 1 saturated heterocycles. The molecule has 1 fully saturated rings. The third kappa shape index (κ3) is 3.90. The Morgan fingerprint density at radius 2 is 1.68 bits per heavy atom. The molecular formula is C26H26N2O2S. The molecule has 5 heteroatoms. The van der Waals surface area contributed by atoms with Gasteiger partial charge in [0.1, 0.15) is 0 Å². The number of likely N-dealkylation sites (tertiary alicyclic amines) is 1. The zero-order chi connectivity index (χ0) is 21.4. The SMILES string of the molecule is Cc1ccccc1C(=O)NC1CCN(C(=O)c2cc3c(s2)-c2ccccc2CC3)CC1. The van der Waals surface area contributed by atoms with Crippen LogP contribution in [0.2, 0.25) is 0 Å². The number of carbonyl (C=O) groups is 2. The Balaban J connectivity index is 1.23. The van der Waals surface area contributed by atoms with Gasteiger partial charge in [-0.15, -0.1) is 11.3 Å². The van der Waals surface area contributed by atoms with Crippen LogP contribution < -0.4 is 5.32 Å². The van der Waals surface area contributed by atoms with Gasteiger partial charge in [0, 0.05) is 29.6 Å². The van der Waals surface area contributed by atoms with Gasteiger partial charge in [-0.05, 0) is 67.0 Å². The van der Waals surface area contributed by atoms with Crippen LogP contribution in [0.1, 0.15) is 49.6 Å². The number of hydrogen-bond acceptors (Lipinski definition) is 3. The van der Waals surface area contributed by atoms with Gasteiger partial charge >= 0.3 is 0 Å². The molecular weight excluding hydrogens is 404 g/mol. The highest BCUT2D eigenvalue weighted by atomic mass is 32.1. The Morgan fingerprint density at radius 1 is 0.968 bits per heavy atom. The van der Waals surface area contributed by atoms with E-state index in [0.717, 1.165) is 41.7 Å². The highest BCUT2D eigenvalue weighted by Gasteiger charge is 2.28. The van der Waals surface area contributed by atoms with Crippen LogP contribution in [-0.2, 0) is 12.8 Å². The maximum atomic E-state index is 13.2. The average molecular weight is 431 g/mol. The van der Waals surface area contributed by atoms with E-state index in [4.69, 9.17) is 0 Å². The zero-order valence-corrected chi connectivity index (χ0v) is 18.5. The van der Waals surface area contributed by atoms with E-state index < -0.39 is 0 Å². The number of aryl methyl sites for hydroxylation is 3. The van der Waals surface area contributed by atoms with E-state index in [1.54, 1.807) is 11.3 Å². The molecule has 1 aliphatic heterocycles. The fourth-order valence-corrected chi connectivity index (χ4v) is 5.89. The maximum absolute atomic E-state index is 13.2. The van der Waals surface area contributed by atoms with Crippen molar-refractivity contribution in [3.05, 3.63) is 81.7 Å². The molecule has 1 aliphatic carbocycles. The molecule has 0 radical (unpaired) electrons. The van der Waals surface area contributed by atoms with Crippen molar-refractivity contribution < 1.29 is 9.59 Å². The zero-order valence-electron chi connectivity index (χ0n) is 17.7. The van der Waals surface area contributed by atoms with Gasteiger partial charge < -0.3 is 10.2 Å². The molecule has 2 heterocycles. The summed E-state index contributed by atoms with van der Waals surface area (Å²) in [6.45, 7) is 3.31. The fourth-order valence-electron chi connectivity index (χ4n) is 4.65. The van der Waals surface area contributed by atoms with Crippen LogP contribution in [0.4, 0.5) is 0 Å². The molecule has 0 bridgehead atoms. The molecule has 2 aliphatic rings. The minimum atomic E-state index is -0.0209. The largest absolute Gasteiger partial charge is 0.349 e. The maximum Gasteiger partial charge on any atom is 0.263 e. The first-order chi connectivity index (χ1) is 15.1. The summed E-state index contributed by atoms with van der Waals surface area (Å²) in [5, 5.41) is 3.15. The molecule has 1 aromatic heterocycles. The van der Waals surface area contributed by atoms with E-state index in [1.807, 2.05) is 36.1 Å². The molecule has 0 spiro atoms. The number of nitrogens with one attached hydrogen (secondary N) is 1. The summed E-state index contributed by atoms with van der Waals surface area (Å²) < 4.78 is 0. The molecule has 2 aromatic carbocycles. The molecule has 0 atom stereocenters. The lowest BCUT2D eigenvalue weighted by atomic mass is 9.91. The van der Waals surface area contributed by atoms with Gasteiger partial charge in [0.15, 0.2) is 0 Å². The van der Waals surface area contributed by atoms with Crippen molar-refractivity contribution in [2.24, 2.45) is 0 Å². The quantitative estimate of drug-likeness (QED) is 0.645. The van der Waals surface area contributed by atoms with Gasteiger partial charge in [0.05, 0.1) is 4.88 Å². The Hall–Kier alpha value is -2.92. The summed E-state index contributed by atoms with van der Waals surface area (Å²) in [6.07, 6.45) is 3.62. The molecule has 5 rings (SSSR count). The minimum Gasteiger partial charge on any atom is -0.349 e. The van der Waals surface area contributed by atoms with Crippen molar-refractivity contribution in [2.75, 3.05) is 13.1 Å². The molecule has 158 valence electrons. The predicted molar refractivity (Wildman–Crippen MR) is 125 cm³/mol. The first-order valence-corrected chi connectivity index (χ1v) is 11.8. The van der Waals surface area contributed by atoms with Crippen LogP contribution in [0.25, 0.3) is 10.4 Å². The monoisotopic (exact) mass is 430 g/mol. The van der Waals surface area contributed by atoms with Gasteiger partial charge in [-0.2, -0.15) is 0 Å². The van der Waals surface area contributed by atoms with Crippen LogP contribution in [0, 0.1) is 6.92 Å². The number of piperidine rings is 1. The highest BCUT2D eigenvalue weighted by molar-refractivity contribution is 7.17. The van der Waals surface area contributed by atoms with E-state index >= 15 is 0 Å². The van der Waals surface area contributed by atoms with Gasteiger partial charge in [0.2, 0.25) is 0 Å². The van der Waals surface area contributed by atoms with E-state index in [0.29, 0.717) is 13.1 Å². The topological polar surface area (TPSA) is 49.4 Å². The second kappa shape index (κ2) is 8.31. The van der Waals surface area contributed by atoms with Crippen molar-refractivity contribution in [3.63, 3.8) is 0 Å². The number of nitrogens with zero attached hydrogens (tertiary/aromatic N) is 1. The number of amides is 2. The summed E-state index contributed by atoms with van der Waals surface area (Å²) in [5.74, 6) is 0.105. The van der Waals surface area contributed by atoms with Crippen LogP contribution >= 0.6 is 11.3 Å². The van der Waals surface area contributed by atoms with Crippen LogP contribution in [0.5, 0.6) is 0 Å². The number of carbonyl (C=O) groups excluding carboxylic acids is 2. The third-order valence-corrected chi connectivity index (χ3v) is 7.65. The third-order valence-electron chi connectivity index (χ3n) is 6.45. The van der Waals surface area contributed by atoms with Crippen LogP contribution in [0.15, 0.2) is 54.6 Å². The van der Waals surface area contributed by atoms with Crippen molar-refractivity contribution in [2.45, 2.75) is 38.6 Å². The second-order valence-electron chi connectivity index (χ2n) is 8.48. The number of hydrogen-bond donors (Lipinski definition) is 1. The van der Waals surface area contributed by atoms with Crippen molar-refractivity contribution in [3.8, 4) is 10.4 Å². The van der Waals surface area contributed by atoms with E-state index in [1.165, 1.54) is 21.6 Å². The van der Waals surface area contributed by atoms with Crippen molar-refractivity contribution in [1.29, 1.82) is 0 Å². The number of fused-ring (bicyclic) bond motifs is 3. The van der Waals surface area contributed by atoms with Gasteiger partial charge in [-0.3, -0.25) is 9.59 Å². The summed E-state index contributed by atoms with van der Waals surface area (Å²) in [5.41, 5.74) is 5.67. The molecule has 2 amide bonds. The summed E-state index contributed by atoms with van der Waals surface area (Å²) >= 11 is 1.63. The smallest absolute Gasteiger partial charge is 0.263 e. The molecule has 1 N–H and O–H groups in total. The van der Waals surface area contributed by atoms with Gasteiger partial charge in [-0.25, -0.2) is 0 Å². The summed E-state index contributed by atoms with van der Waals surface area (Å²) in [4.78, 5) is 29.8. The number of rotatable bonds is 3. The Kier molecular flexibility index (Phi) is 5.36. The Labute approximate surface area is 186 Å². The minimum absolute atomic E-state index is 0.0209. The lowest BCUT2D eigenvalue weighted by Gasteiger charge is -2.32. The molecule has 4 nitrogen and oxygen atoms in total. The molecule has 0 unspecified atom stereocenters. The molecule has 3 aromatic rings. The lowest BCUT2D eigenvalue weighted by molar-refractivity contribution is 0.0702. The first kappa shape index (κ1) is 20.0. The number of thiophene rings is 1. The fraction of sp³-hybridized carbons (Fsp3) is 0.308. The van der Waals surface area contributed by atoms with Crippen LogP contribution in [-0.4, -0.2) is 35.8 Å². The first-order valence-electron chi connectivity index (χ1n) is 11.0. The van der Waals surface area contributed by atoms with Gasteiger partial charge in [0.25, 0.3) is 11.8 Å². The highest BCUT2D eigenvalue weighted by Crippen LogP contribution is 2.40. The molecule has 0 saturated carbocycles. The predicted octanol–water partition coefficient (Wildman–Crippen LogP) is 4.86. The van der Waals surface area contributed by atoms with Crippen LogP contribution in [0.3, 0.4) is 0 Å². The van der Waals surface area contributed by atoms with Crippen molar-refractivity contribution in [1.82, 2.24) is 10.2 Å². The lowest BCUT2D eigenvalue weighted by Crippen LogP contribution is -2.46. The standard InChI is InChI=1S/C26H26N2O2S/c1-17-6-2-4-8-21(17)25(29)27-20-12-14-28(15-13-20)26(30)23-16-19-11-10-18-7-3-5-9-22(18)24(19)31-23/h2-9,16,20H,10-15H2,1H3,(H,27,29). The Morgan fingerprint density at radius 3 is 2.48 bits per heavy atom. The molecule has 31 heavy (non-hydrogen) atoms. The summed E-state index contributed by atoms with van der Waals surface area (Å²) in [6, 6.07) is 18.4. The second-order valence-corrected chi connectivity index (χ2v) is 9.53. The van der Waals surface area contributed by atoms with E-state index in [2.05, 4.69) is 35.6 Å². The van der Waals surface area contributed by atoms with Crippen molar-refractivity contribution >= 4 is 23.2 Å². The van der Waals surface area contributed by atoms with Gasteiger partial charge in [-0.1, -0.05) is 42.5 Å².